The summed E-state index contributed by atoms with van der Waals surface area (Å²) in [5.74, 6) is 0. The molecule has 0 spiro atoms. The fourth-order valence-corrected chi connectivity index (χ4v) is 9.36. The highest BCUT2D eigenvalue weighted by atomic mass is 14.4. The van der Waals surface area contributed by atoms with Gasteiger partial charge in [-0.25, -0.2) is 0 Å². The molecule has 0 radical (unpaired) electrons. The minimum absolute atomic E-state index is 0.0212. The van der Waals surface area contributed by atoms with E-state index in [1.165, 1.54) is 27.3 Å². The van der Waals surface area contributed by atoms with Gasteiger partial charge in [0.2, 0.25) is 0 Å². The predicted molar refractivity (Wildman–Crippen MR) is 233 cm³/mol. The van der Waals surface area contributed by atoms with Crippen molar-refractivity contribution >= 4 is 43.1 Å². The zero-order chi connectivity index (χ0) is 40.1. The van der Waals surface area contributed by atoms with E-state index in [4.69, 9.17) is 2.74 Å². The minimum atomic E-state index is -0.226. The van der Waals surface area contributed by atoms with Crippen molar-refractivity contribution in [1.82, 2.24) is 0 Å². The zero-order valence-electron chi connectivity index (χ0n) is 35.3. The quantitative estimate of drug-likeness (QED) is 0.161. The highest BCUT2D eigenvalue weighted by Crippen LogP contribution is 2.54. The maximum atomic E-state index is 9.69. The van der Waals surface area contributed by atoms with E-state index in [0.29, 0.717) is 10.8 Å². The third-order valence-electron chi connectivity index (χ3n) is 12.2. The zero-order valence-corrected chi connectivity index (χ0v) is 31.3. The van der Waals surface area contributed by atoms with E-state index in [1.54, 1.807) is 0 Å². The predicted octanol–water partition coefficient (Wildman–Crippen LogP) is 15.3. The highest BCUT2D eigenvalue weighted by molar-refractivity contribution is 6.22. The molecule has 1 aliphatic rings. The first kappa shape index (κ1) is 28.5. The Hall–Kier alpha value is -5.98. The van der Waals surface area contributed by atoms with Crippen molar-refractivity contribution in [3.63, 3.8) is 0 Å². The second-order valence-corrected chi connectivity index (χ2v) is 16.4. The second kappa shape index (κ2) is 12.3. The minimum Gasteiger partial charge on any atom is -0.0616 e. The topological polar surface area (TPSA) is 0 Å². The molecule has 0 fully saturated rings. The highest BCUT2D eigenvalue weighted by Gasteiger charge is 2.40. The first-order chi connectivity index (χ1) is 27.9. The van der Waals surface area contributed by atoms with Gasteiger partial charge in [-0.2, -0.15) is 0 Å². The van der Waals surface area contributed by atoms with Gasteiger partial charge in [0.25, 0.3) is 0 Å². The van der Waals surface area contributed by atoms with Crippen LogP contribution < -0.4 is 0 Å². The molecule has 1 aliphatic carbocycles. The molecule has 0 atom stereocenters. The average molecular weight is 697 g/mol. The molecule has 0 saturated heterocycles. The summed E-state index contributed by atoms with van der Waals surface area (Å²) in [5, 5.41) is 7.72. The number of fused-ring (bicyclic) bond motifs is 5. The molecule has 0 heteroatoms. The molecule has 0 aromatic heterocycles. The van der Waals surface area contributed by atoms with E-state index in [0.717, 1.165) is 73.5 Å². The van der Waals surface area contributed by atoms with Gasteiger partial charge in [-0.3, -0.25) is 0 Å². The Labute approximate surface area is 324 Å². The summed E-state index contributed by atoms with van der Waals surface area (Å²) in [6.07, 6.45) is 2.11. The van der Waals surface area contributed by atoms with Crippen molar-refractivity contribution in [3.05, 3.63) is 181 Å². The average Bonchev–Trinajstić information content (AvgIpc) is 3.25. The SMILES string of the molecule is [2H]c1c([2H])c([2H])c2c(-c3ccc4c(c3-c3ccc5ccccc5c3)C(C)(C)CCC4(C)C)c3ccccc3c(-c3ccc(-c4cccc5ccccc45)cc3)c2c1[2H]. The Morgan fingerprint density at radius 3 is 1.74 bits per heavy atom. The van der Waals surface area contributed by atoms with Crippen molar-refractivity contribution in [2.24, 2.45) is 0 Å². The number of benzene rings is 9. The Kier molecular flexibility index (Phi) is 6.49. The number of hydrogen-bond donors (Lipinski definition) is 0. The van der Waals surface area contributed by atoms with Crippen molar-refractivity contribution in [2.75, 3.05) is 0 Å². The van der Waals surface area contributed by atoms with Crippen molar-refractivity contribution < 1.29 is 5.48 Å². The molecule has 0 bridgehead atoms. The van der Waals surface area contributed by atoms with Crippen molar-refractivity contribution in [2.45, 2.75) is 51.4 Å². The molecule has 10 rings (SSSR count). The lowest BCUT2D eigenvalue weighted by Gasteiger charge is -2.44. The molecule has 0 aliphatic heterocycles. The molecule has 9 aromatic rings. The summed E-state index contributed by atoms with van der Waals surface area (Å²) < 4.78 is 37.4. The van der Waals surface area contributed by atoms with Crippen LogP contribution in [0.5, 0.6) is 0 Å². The summed E-state index contributed by atoms with van der Waals surface area (Å²) in [6, 6.07) is 51.0. The molecule has 0 unspecified atom stereocenters. The number of rotatable bonds is 4. The van der Waals surface area contributed by atoms with Gasteiger partial charge in [-0.15, -0.1) is 0 Å². The molecule has 0 nitrogen and oxygen atoms in total. The van der Waals surface area contributed by atoms with E-state index in [2.05, 4.69) is 167 Å². The molecule has 9 aromatic carbocycles. The third-order valence-corrected chi connectivity index (χ3v) is 12.2. The molecule has 0 saturated carbocycles. The van der Waals surface area contributed by atoms with Crippen LogP contribution >= 0.6 is 0 Å². The van der Waals surface area contributed by atoms with E-state index in [9.17, 15) is 2.74 Å². The summed E-state index contributed by atoms with van der Waals surface area (Å²) in [6.45, 7) is 9.43. The van der Waals surface area contributed by atoms with Crippen LogP contribution in [0.4, 0.5) is 0 Å². The maximum Gasteiger partial charge on any atom is 0.0629 e. The Morgan fingerprint density at radius 1 is 0.407 bits per heavy atom. The van der Waals surface area contributed by atoms with Crippen LogP contribution in [0, 0.1) is 0 Å². The standard InChI is InChI=1S/C54H44/c1-53(2)32-33-54(3,4)52-48(53)31-30-47(50(52)40-29-24-35-14-5-6-16-39(35)34-40)51-45-21-11-9-19-43(45)49(44-20-10-12-22-46(44)51)38-27-25-37(26-28-38)42-23-13-17-36-15-7-8-18-41(36)42/h5-31,34H,32-33H2,1-4H3/i9D,11D,19D,21D. The lowest BCUT2D eigenvalue weighted by molar-refractivity contribution is 0.333. The largest absolute Gasteiger partial charge is 0.0629 e. The van der Waals surface area contributed by atoms with Crippen LogP contribution in [0.2, 0.25) is 0 Å². The summed E-state index contributed by atoms with van der Waals surface area (Å²) in [5.41, 5.74) is 10.5. The molecule has 0 amide bonds. The van der Waals surface area contributed by atoms with Gasteiger partial charge in [0, 0.05) is 0 Å². The van der Waals surface area contributed by atoms with Crippen LogP contribution in [0.1, 0.15) is 57.1 Å². The molecule has 260 valence electrons. The maximum absolute atomic E-state index is 9.69. The fourth-order valence-electron chi connectivity index (χ4n) is 9.36. The van der Waals surface area contributed by atoms with E-state index < -0.39 is 0 Å². The van der Waals surface area contributed by atoms with Crippen molar-refractivity contribution in [3.8, 4) is 44.5 Å². The van der Waals surface area contributed by atoms with Gasteiger partial charge < -0.3 is 0 Å². The van der Waals surface area contributed by atoms with E-state index in [-0.39, 0.29) is 35.0 Å². The first-order valence-electron chi connectivity index (χ1n) is 21.2. The Bertz CT molecular complexity index is 3150. The van der Waals surface area contributed by atoms with Crippen LogP contribution in [0.25, 0.3) is 87.6 Å². The van der Waals surface area contributed by atoms with Gasteiger partial charge in [0.1, 0.15) is 0 Å². The van der Waals surface area contributed by atoms with E-state index in [1.807, 2.05) is 6.07 Å². The lowest BCUT2D eigenvalue weighted by Crippen LogP contribution is -2.34. The summed E-state index contributed by atoms with van der Waals surface area (Å²) >= 11 is 0. The smallest absolute Gasteiger partial charge is 0.0616 e. The lowest BCUT2D eigenvalue weighted by atomic mass is 9.60. The van der Waals surface area contributed by atoms with Crippen LogP contribution in [0.15, 0.2) is 170 Å². The fraction of sp³-hybridized carbons (Fsp3) is 0.148. The molecular formula is C54H44. The number of hydrogen-bond acceptors (Lipinski definition) is 0. The van der Waals surface area contributed by atoms with Crippen LogP contribution in [0.3, 0.4) is 0 Å². The van der Waals surface area contributed by atoms with Gasteiger partial charge in [0.15, 0.2) is 0 Å². The molecular weight excluding hydrogens is 649 g/mol. The molecule has 0 N–H and O–H groups in total. The molecule has 0 heterocycles. The van der Waals surface area contributed by atoms with Gasteiger partial charge in [-0.1, -0.05) is 191 Å². The van der Waals surface area contributed by atoms with Crippen LogP contribution in [-0.4, -0.2) is 0 Å². The van der Waals surface area contributed by atoms with Gasteiger partial charge in [-0.05, 0) is 128 Å². The Balaban J connectivity index is 1.33. The van der Waals surface area contributed by atoms with Gasteiger partial charge in [0.05, 0.1) is 5.48 Å². The Morgan fingerprint density at radius 2 is 0.981 bits per heavy atom. The summed E-state index contributed by atoms with van der Waals surface area (Å²) in [4.78, 5) is 0. The normalized spacial score (nSPS) is 15.9. The van der Waals surface area contributed by atoms with E-state index >= 15 is 0 Å². The van der Waals surface area contributed by atoms with Gasteiger partial charge >= 0.3 is 0 Å². The van der Waals surface area contributed by atoms with Crippen molar-refractivity contribution in [1.29, 1.82) is 0 Å². The third kappa shape index (κ3) is 5.12. The van der Waals surface area contributed by atoms with Crippen LogP contribution in [-0.2, 0) is 10.8 Å². The second-order valence-electron chi connectivity index (χ2n) is 16.4. The summed E-state index contributed by atoms with van der Waals surface area (Å²) in [7, 11) is 0. The molecule has 54 heavy (non-hydrogen) atoms. The monoisotopic (exact) mass is 696 g/mol. The first-order valence-corrected chi connectivity index (χ1v) is 19.2.